The van der Waals surface area contributed by atoms with Crippen LogP contribution in [0.15, 0.2) is 48.5 Å². The zero-order valence-corrected chi connectivity index (χ0v) is 18.4. The molecule has 2 atom stereocenters. The molecular weight excluding hydrogens is 452 g/mol. The molecule has 0 aliphatic heterocycles. The maximum absolute atomic E-state index is 11.8. The third kappa shape index (κ3) is 7.96. The highest BCUT2D eigenvalue weighted by atomic mass is 35.5. The van der Waals surface area contributed by atoms with E-state index < -0.39 is 21.7 Å². The second-order valence-electron chi connectivity index (χ2n) is 6.14. The van der Waals surface area contributed by atoms with E-state index in [1.165, 1.54) is 11.8 Å². The summed E-state index contributed by atoms with van der Waals surface area (Å²) in [5.74, 6) is 0.115. The van der Waals surface area contributed by atoms with Crippen molar-refractivity contribution in [1.29, 1.82) is 0 Å². The molecule has 0 aromatic heterocycles. The molecule has 0 aliphatic rings. The number of hydrogen-bond acceptors (Lipinski definition) is 7. The van der Waals surface area contributed by atoms with Crippen molar-refractivity contribution in [3.05, 3.63) is 64.7 Å². The fourth-order valence-electron chi connectivity index (χ4n) is 2.59. The molecule has 0 saturated heterocycles. The van der Waals surface area contributed by atoms with Crippen molar-refractivity contribution in [2.75, 3.05) is 12.9 Å². The maximum atomic E-state index is 11.8. The Hall–Kier alpha value is -2.11. The molecule has 3 N–H and O–H groups in total. The maximum Gasteiger partial charge on any atom is 0.333 e. The van der Waals surface area contributed by atoms with E-state index >= 15 is 0 Å². The predicted molar refractivity (Wildman–Crippen MR) is 116 cm³/mol. The van der Waals surface area contributed by atoms with E-state index in [2.05, 4.69) is 5.32 Å². The van der Waals surface area contributed by atoms with Crippen LogP contribution in [0.4, 0.5) is 0 Å². The average molecular weight is 473 g/mol. The van der Waals surface area contributed by atoms with Crippen LogP contribution >= 0.6 is 23.4 Å². The van der Waals surface area contributed by atoms with Gasteiger partial charge < -0.3 is 4.74 Å². The number of carbonyl (C=O) groups is 2. The van der Waals surface area contributed by atoms with E-state index in [1.807, 2.05) is 0 Å². The number of nitrogens with two attached hydrogens (primary N) is 1. The Bertz CT molecular complexity index is 969. The molecule has 30 heavy (non-hydrogen) atoms. The Morgan fingerprint density at radius 2 is 1.97 bits per heavy atom. The Morgan fingerprint density at radius 3 is 2.53 bits per heavy atom. The Kier molecular flexibility index (Phi) is 9.12. The highest BCUT2D eigenvalue weighted by Crippen LogP contribution is 2.24. The number of amides is 2. The number of nitrogens with one attached hydrogen (secondary N) is 1. The Labute approximate surface area is 184 Å². The minimum atomic E-state index is -4.21. The van der Waals surface area contributed by atoms with Gasteiger partial charge in [-0.25, -0.2) is 9.32 Å². The fourth-order valence-corrected chi connectivity index (χ4v) is 3.92. The molecule has 11 heteroatoms. The number of halogens is 1. The highest BCUT2D eigenvalue weighted by molar-refractivity contribution is 7.99. The summed E-state index contributed by atoms with van der Waals surface area (Å²) >= 11 is 7.30. The zero-order valence-electron chi connectivity index (χ0n) is 16.0. The molecule has 162 valence electrons. The van der Waals surface area contributed by atoms with Crippen LogP contribution < -0.4 is 15.2 Å². The largest absolute Gasteiger partial charge is 0.490 e. The van der Waals surface area contributed by atoms with Crippen LogP contribution in [-0.4, -0.2) is 38.8 Å². The van der Waals surface area contributed by atoms with Gasteiger partial charge in [0.25, 0.3) is 0 Å². The number of ether oxygens (including phenoxy) is 1. The van der Waals surface area contributed by atoms with Crippen molar-refractivity contribution in [2.24, 2.45) is 5.14 Å². The van der Waals surface area contributed by atoms with E-state index in [0.717, 1.165) is 5.56 Å². The van der Waals surface area contributed by atoms with Crippen molar-refractivity contribution >= 4 is 46.0 Å². The lowest BCUT2D eigenvalue weighted by molar-refractivity contribution is -0.124. The van der Waals surface area contributed by atoms with Gasteiger partial charge in [-0.3, -0.25) is 14.9 Å². The van der Waals surface area contributed by atoms with Gasteiger partial charge in [0.15, 0.2) is 0 Å². The average Bonchev–Trinajstić information content (AvgIpc) is 2.69. The molecule has 2 aromatic carbocycles. The van der Waals surface area contributed by atoms with Crippen LogP contribution in [0, 0.1) is 0 Å². The Balaban J connectivity index is 2.05. The van der Waals surface area contributed by atoms with Gasteiger partial charge in [-0.15, -0.1) is 0 Å². The van der Waals surface area contributed by atoms with Gasteiger partial charge in [-0.2, -0.15) is 20.2 Å². The van der Waals surface area contributed by atoms with Crippen LogP contribution in [-0.2, 0) is 30.5 Å². The number of benzene rings is 2. The highest BCUT2D eigenvalue weighted by Gasteiger charge is 2.20. The number of hydrogen-bond donors (Lipinski definition) is 2. The molecule has 0 saturated carbocycles. The van der Waals surface area contributed by atoms with Crippen LogP contribution in [0.25, 0.3) is 0 Å². The van der Waals surface area contributed by atoms with Crippen molar-refractivity contribution in [3.63, 3.8) is 0 Å². The normalized spacial score (nSPS) is 13.3. The molecule has 0 aliphatic carbocycles. The zero-order chi connectivity index (χ0) is 22.1. The first-order valence-electron chi connectivity index (χ1n) is 8.67. The molecule has 2 rings (SSSR count). The predicted octanol–water partition coefficient (Wildman–Crippen LogP) is 2.23. The monoisotopic (exact) mass is 472 g/mol. The van der Waals surface area contributed by atoms with E-state index in [9.17, 15) is 18.0 Å². The second kappa shape index (κ2) is 11.3. The summed E-state index contributed by atoms with van der Waals surface area (Å²) in [5, 5.41) is 7.18. The molecular formula is C19H21ClN2O6S2. The van der Waals surface area contributed by atoms with Crippen molar-refractivity contribution in [1.82, 2.24) is 5.32 Å². The molecule has 0 bridgehead atoms. The third-order valence-corrected chi connectivity index (χ3v) is 5.68. The summed E-state index contributed by atoms with van der Waals surface area (Å²) in [6, 6.07) is 13.5. The van der Waals surface area contributed by atoms with Crippen LogP contribution in [0.2, 0.25) is 5.02 Å². The molecule has 2 aromatic rings. The smallest absolute Gasteiger partial charge is 0.333 e. The summed E-state index contributed by atoms with van der Waals surface area (Å²) in [6.07, 6.45) is 1.60. The van der Waals surface area contributed by atoms with E-state index in [1.54, 1.807) is 54.8 Å². The minimum Gasteiger partial charge on any atom is -0.490 e. The van der Waals surface area contributed by atoms with Gasteiger partial charge in [-0.05, 0) is 48.1 Å². The van der Waals surface area contributed by atoms with E-state index in [4.69, 9.17) is 25.7 Å². The second-order valence-corrected chi connectivity index (χ2v) is 8.80. The van der Waals surface area contributed by atoms with E-state index in [-0.39, 0.29) is 12.5 Å². The summed E-state index contributed by atoms with van der Waals surface area (Å²) in [4.78, 5) is 22.3. The lowest BCUT2D eigenvalue weighted by Crippen LogP contribution is -2.32. The minimum absolute atomic E-state index is 0.120. The molecule has 0 fully saturated rings. The SMILES string of the molecule is CSC(Cc1ccc(OCC(OS(N)(=O)=O)c2cccc(Cl)c2)cc1)C(=O)NC=O. The first kappa shape index (κ1) is 24.2. The number of carbonyl (C=O) groups excluding carboxylic acids is 2. The molecule has 0 spiro atoms. The van der Waals surface area contributed by atoms with Crippen LogP contribution in [0.3, 0.4) is 0 Å². The topological polar surface area (TPSA) is 125 Å². The first-order valence-corrected chi connectivity index (χ1v) is 11.8. The summed E-state index contributed by atoms with van der Waals surface area (Å²) in [5.41, 5.74) is 1.37. The molecule has 2 amide bonds. The van der Waals surface area contributed by atoms with Gasteiger partial charge in [0, 0.05) is 5.02 Å². The van der Waals surface area contributed by atoms with Crippen molar-refractivity contribution in [2.45, 2.75) is 17.8 Å². The number of imide groups is 1. The fraction of sp³-hybridized carbons (Fsp3) is 0.263. The van der Waals surface area contributed by atoms with Gasteiger partial charge in [-0.1, -0.05) is 35.9 Å². The van der Waals surface area contributed by atoms with Gasteiger partial charge in [0.1, 0.15) is 18.5 Å². The molecule has 8 nitrogen and oxygen atoms in total. The van der Waals surface area contributed by atoms with Crippen molar-refractivity contribution < 1.29 is 26.9 Å². The summed E-state index contributed by atoms with van der Waals surface area (Å²) < 4.78 is 33.4. The van der Waals surface area contributed by atoms with E-state index in [0.29, 0.717) is 29.2 Å². The first-order chi connectivity index (χ1) is 14.2. The van der Waals surface area contributed by atoms with Crippen molar-refractivity contribution in [3.8, 4) is 5.75 Å². The standard InChI is InChI=1S/C19H21ClN2O6S2/c1-29-18(19(24)22-12-23)9-13-5-7-16(8-6-13)27-11-17(28-30(21,25)26)14-3-2-4-15(20)10-14/h2-8,10,12,17-18H,9,11H2,1H3,(H2,21,25,26)(H,22,23,24). The molecule has 2 unspecified atom stereocenters. The molecule has 0 radical (unpaired) electrons. The lowest BCUT2D eigenvalue weighted by atomic mass is 10.1. The quantitative estimate of drug-likeness (QED) is 0.480. The Morgan fingerprint density at radius 1 is 1.27 bits per heavy atom. The number of rotatable bonds is 11. The lowest BCUT2D eigenvalue weighted by Gasteiger charge is -2.18. The van der Waals surface area contributed by atoms with Crippen LogP contribution in [0.1, 0.15) is 17.2 Å². The van der Waals surface area contributed by atoms with Gasteiger partial charge >= 0.3 is 10.3 Å². The van der Waals surface area contributed by atoms with Gasteiger partial charge in [0.2, 0.25) is 12.3 Å². The van der Waals surface area contributed by atoms with Gasteiger partial charge in [0.05, 0.1) is 5.25 Å². The summed E-state index contributed by atoms with van der Waals surface area (Å²) in [7, 11) is -4.21. The number of thioether (sulfide) groups is 1. The summed E-state index contributed by atoms with van der Waals surface area (Å²) in [6.45, 7) is -0.120. The third-order valence-electron chi connectivity index (χ3n) is 3.99. The molecule has 0 heterocycles. The van der Waals surface area contributed by atoms with Crippen LogP contribution in [0.5, 0.6) is 5.75 Å².